The normalized spacial score (nSPS) is 32.6. The summed E-state index contributed by atoms with van der Waals surface area (Å²) in [6, 6.07) is 4.23. The van der Waals surface area contributed by atoms with E-state index in [2.05, 4.69) is 19.9 Å². The molecule has 1 heterocycles. The molecule has 3 heteroatoms. The molecule has 0 spiro atoms. The third-order valence-corrected chi connectivity index (χ3v) is 5.40. The number of thiophene rings is 1. The van der Waals surface area contributed by atoms with Crippen molar-refractivity contribution in [3.8, 4) is 0 Å². The first-order valence-corrected chi connectivity index (χ1v) is 7.28. The van der Waals surface area contributed by atoms with Crippen molar-refractivity contribution in [3.05, 3.63) is 21.3 Å². The first-order chi connectivity index (χ1) is 7.58. The zero-order valence-electron chi connectivity index (χ0n) is 9.95. The van der Waals surface area contributed by atoms with Gasteiger partial charge in [-0.3, -0.25) is 0 Å². The molecule has 16 heavy (non-hydrogen) atoms. The van der Waals surface area contributed by atoms with Gasteiger partial charge in [0.25, 0.3) is 0 Å². The molecule has 1 aliphatic carbocycles. The molecule has 0 amide bonds. The van der Waals surface area contributed by atoms with E-state index < -0.39 is 0 Å². The molecule has 0 radical (unpaired) electrons. The van der Waals surface area contributed by atoms with Gasteiger partial charge >= 0.3 is 0 Å². The number of rotatable bonds is 2. The van der Waals surface area contributed by atoms with Crippen molar-refractivity contribution in [2.45, 2.75) is 39.2 Å². The number of nitrogens with two attached hydrogens (primary N) is 1. The highest BCUT2D eigenvalue weighted by Gasteiger charge is 2.29. The van der Waals surface area contributed by atoms with Crippen molar-refractivity contribution in [1.82, 2.24) is 0 Å². The van der Waals surface area contributed by atoms with Gasteiger partial charge in [-0.05, 0) is 42.7 Å². The van der Waals surface area contributed by atoms with E-state index in [9.17, 15) is 0 Å². The molecular formula is C13H20ClNS. The number of hydrogen-bond donors (Lipinski definition) is 1. The largest absolute Gasteiger partial charge is 0.323 e. The molecule has 1 aliphatic rings. The van der Waals surface area contributed by atoms with Gasteiger partial charge < -0.3 is 5.73 Å². The average molecular weight is 258 g/mol. The maximum absolute atomic E-state index is 6.34. The van der Waals surface area contributed by atoms with Crippen LogP contribution in [0.1, 0.15) is 44.0 Å². The summed E-state index contributed by atoms with van der Waals surface area (Å²) in [6.45, 7) is 4.71. The van der Waals surface area contributed by atoms with Crippen LogP contribution in [-0.4, -0.2) is 0 Å². The molecule has 2 rings (SSSR count). The van der Waals surface area contributed by atoms with Crippen LogP contribution in [0.15, 0.2) is 12.1 Å². The van der Waals surface area contributed by atoms with E-state index in [1.807, 2.05) is 6.07 Å². The van der Waals surface area contributed by atoms with Gasteiger partial charge in [-0.15, -0.1) is 11.3 Å². The minimum atomic E-state index is 0.187. The van der Waals surface area contributed by atoms with Crippen molar-refractivity contribution in [3.63, 3.8) is 0 Å². The molecule has 2 N–H and O–H groups in total. The molecule has 4 unspecified atom stereocenters. The third kappa shape index (κ3) is 2.61. The minimum absolute atomic E-state index is 0.187. The maximum atomic E-state index is 6.34. The Morgan fingerprint density at radius 2 is 2.06 bits per heavy atom. The predicted octanol–water partition coefficient (Wildman–Crippen LogP) is 4.47. The van der Waals surface area contributed by atoms with Crippen LogP contribution in [0.25, 0.3) is 0 Å². The van der Waals surface area contributed by atoms with E-state index in [-0.39, 0.29) is 6.04 Å². The van der Waals surface area contributed by atoms with Crippen LogP contribution >= 0.6 is 22.9 Å². The summed E-state index contributed by atoms with van der Waals surface area (Å²) in [5, 5.41) is 0. The quantitative estimate of drug-likeness (QED) is 0.831. The predicted molar refractivity (Wildman–Crippen MR) is 71.9 cm³/mol. The average Bonchev–Trinajstić information content (AvgIpc) is 2.68. The molecule has 1 aromatic heterocycles. The fourth-order valence-corrected chi connectivity index (χ4v) is 3.81. The van der Waals surface area contributed by atoms with Gasteiger partial charge in [0.2, 0.25) is 0 Å². The summed E-state index contributed by atoms with van der Waals surface area (Å²) < 4.78 is 0.850. The van der Waals surface area contributed by atoms with Crippen molar-refractivity contribution in [2.75, 3.05) is 0 Å². The molecule has 90 valence electrons. The van der Waals surface area contributed by atoms with Crippen LogP contribution in [0.2, 0.25) is 4.34 Å². The topological polar surface area (TPSA) is 26.0 Å². The highest BCUT2D eigenvalue weighted by Crippen LogP contribution is 2.40. The minimum Gasteiger partial charge on any atom is -0.323 e. The Morgan fingerprint density at radius 3 is 2.62 bits per heavy atom. The lowest BCUT2D eigenvalue weighted by atomic mass is 9.73. The highest BCUT2D eigenvalue weighted by molar-refractivity contribution is 7.16. The fraction of sp³-hybridized carbons (Fsp3) is 0.692. The molecule has 1 nitrogen and oxygen atoms in total. The van der Waals surface area contributed by atoms with Crippen molar-refractivity contribution in [1.29, 1.82) is 0 Å². The summed E-state index contributed by atoms with van der Waals surface area (Å²) in [4.78, 5) is 1.25. The van der Waals surface area contributed by atoms with Crippen LogP contribution in [0.3, 0.4) is 0 Å². The van der Waals surface area contributed by atoms with E-state index in [0.29, 0.717) is 5.92 Å². The van der Waals surface area contributed by atoms with Crippen molar-refractivity contribution < 1.29 is 0 Å². The van der Waals surface area contributed by atoms with Crippen LogP contribution in [-0.2, 0) is 0 Å². The second-order valence-electron chi connectivity index (χ2n) is 5.20. The van der Waals surface area contributed by atoms with Gasteiger partial charge in [-0.2, -0.15) is 0 Å². The second kappa shape index (κ2) is 5.07. The standard InChI is InChI=1S/C13H20ClNS/c1-8-3-4-10(7-9(8)2)13(15)11-5-6-12(14)16-11/h5-6,8-10,13H,3-4,7,15H2,1-2H3. The third-order valence-electron chi connectivity index (χ3n) is 4.07. The van der Waals surface area contributed by atoms with Crippen LogP contribution < -0.4 is 5.73 Å². The molecule has 1 fully saturated rings. The first-order valence-electron chi connectivity index (χ1n) is 6.08. The number of halogens is 1. The maximum Gasteiger partial charge on any atom is 0.0931 e. The Kier molecular flexibility index (Phi) is 3.93. The molecule has 1 saturated carbocycles. The molecule has 1 aromatic rings. The van der Waals surface area contributed by atoms with Crippen LogP contribution in [0.5, 0.6) is 0 Å². The Balaban J connectivity index is 2.02. The molecule has 0 saturated heterocycles. The molecule has 0 aliphatic heterocycles. The summed E-state index contributed by atoms with van der Waals surface area (Å²) in [7, 11) is 0. The summed E-state index contributed by atoms with van der Waals surface area (Å²) in [5.41, 5.74) is 6.34. The van der Waals surface area contributed by atoms with E-state index in [1.165, 1.54) is 24.1 Å². The summed E-state index contributed by atoms with van der Waals surface area (Å²) in [6.07, 6.45) is 3.85. The summed E-state index contributed by atoms with van der Waals surface area (Å²) >= 11 is 7.59. The lowest BCUT2D eigenvalue weighted by Crippen LogP contribution is -2.28. The van der Waals surface area contributed by atoms with E-state index in [0.717, 1.165) is 16.2 Å². The summed E-state index contributed by atoms with van der Waals surface area (Å²) in [5.74, 6) is 2.30. The van der Waals surface area contributed by atoms with Crippen molar-refractivity contribution in [2.24, 2.45) is 23.5 Å². The van der Waals surface area contributed by atoms with Gasteiger partial charge in [-0.1, -0.05) is 31.9 Å². The fourth-order valence-electron chi connectivity index (χ4n) is 2.66. The second-order valence-corrected chi connectivity index (χ2v) is 6.94. The Bertz CT molecular complexity index is 349. The SMILES string of the molecule is CC1CCC(C(N)c2ccc(Cl)s2)CC1C. The first kappa shape index (κ1) is 12.4. The van der Waals surface area contributed by atoms with Crippen LogP contribution in [0, 0.1) is 17.8 Å². The Labute approximate surface area is 107 Å². The van der Waals surface area contributed by atoms with Gasteiger partial charge in [0.05, 0.1) is 4.34 Å². The zero-order valence-corrected chi connectivity index (χ0v) is 11.5. The number of hydrogen-bond acceptors (Lipinski definition) is 2. The lowest BCUT2D eigenvalue weighted by molar-refractivity contribution is 0.187. The van der Waals surface area contributed by atoms with E-state index in [1.54, 1.807) is 11.3 Å². The van der Waals surface area contributed by atoms with Crippen molar-refractivity contribution >= 4 is 22.9 Å². The molecule has 4 atom stereocenters. The monoisotopic (exact) mass is 257 g/mol. The zero-order chi connectivity index (χ0) is 11.7. The van der Waals surface area contributed by atoms with E-state index in [4.69, 9.17) is 17.3 Å². The Morgan fingerprint density at radius 1 is 1.31 bits per heavy atom. The van der Waals surface area contributed by atoms with Gasteiger partial charge in [0.15, 0.2) is 0 Å². The molecular weight excluding hydrogens is 238 g/mol. The molecule has 0 aromatic carbocycles. The van der Waals surface area contributed by atoms with Gasteiger partial charge in [-0.25, -0.2) is 0 Å². The van der Waals surface area contributed by atoms with Crippen LogP contribution in [0.4, 0.5) is 0 Å². The highest BCUT2D eigenvalue weighted by atomic mass is 35.5. The van der Waals surface area contributed by atoms with E-state index >= 15 is 0 Å². The molecule has 0 bridgehead atoms. The van der Waals surface area contributed by atoms with Gasteiger partial charge in [0, 0.05) is 10.9 Å². The van der Waals surface area contributed by atoms with Gasteiger partial charge in [0.1, 0.15) is 0 Å². The lowest BCUT2D eigenvalue weighted by Gasteiger charge is -2.34. The smallest absolute Gasteiger partial charge is 0.0931 e. The Hall–Kier alpha value is -0.0500.